The molecule has 2 aromatic rings. The van der Waals surface area contributed by atoms with Gasteiger partial charge in [-0.1, -0.05) is 0 Å². The van der Waals surface area contributed by atoms with Crippen molar-refractivity contribution in [2.75, 3.05) is 32.8 Å². The summed E-state index contributed by atoms with van der Waals surface area (Å²) >= 11 is 0. The molecule has 0 spiro atoms. The first-order chi connectivity index (χ1) is 13.1. The number of aromatic nitrogens is 2. The van der Waals surface area contributed by atoms with Gasteiger partial charge in [-0.15, -0.1) is 0 Å². The Bertz CT molecular complexity index is 847. The van der Waals surface area contributed by atoms with Gasteiger partial charge >= 0.3 is 0 Å². The number of ether oxygens (including phenoxy) is 1. The average Bonchev–Trinajstić information content (AvgIpc) is 3.32. The van der Waals surface area contributed by atoms with Crippen molar-refractivity contribution in [3.05, 3.63) is 29.8 Å². The third-order valence-electron chi connectivity index (χ3n) is 5.25. The Hall–Kier alpha value is -2.48. The van der Waals surface area contributed by atoms with Crippen molar-refractivity contribution in [2.45, 2.75) is 31.7 Å². The fraction of sp³-hybridized carbons (Fsp3) is 0.526. The fourth-order valence-electron chi connectivity index (χ4n) is 3.84. The van der Waals surface area contributed by atoms with Crippen LogP contribution in [0.25, 0.3) is 11.0 Å². The van der Waals surface area contributed by atoms with Gasteiger partial charge in [0.15, 0.2) is 0 Å². The molecular weight excluding hydrogens is 351 g/mol. The number of morpholine rings is 1. The number of benzene rings is 1. The number of amides is 2. The van der Waals surface area contributed by atoms with Crippen molar-refractivity contribution in [1.82, 2.24) is 19.8 Å². The minimum Gasteiger partial charge on any atom is -0.378 e. The van der Waals surface area contributed by atoms with E-state index in [0.29, 0.717) is 62.5 Å². The van der Waals surface area contributed by atoms with Crippen molar-refractivity contribution in [3.8, 4) is 0 Å². The van der Waals surface area contributed by atoms with Gasteiger partial charge in [-0.2, -0.15) is 0 Å². The Morgan fingerprint density at radius 1 is 1.26 bits per heavy atom. The SMILES string of the molecule is O=C([C@@H]1CCCN1C(=O)CCc1nc2ccc(F)cc2[nH]1)N1CCOCC1. The zero-order chi connectivity index (χ0) is 18.8. The smallest absolute Gasteiger partial charge is 0.245 e. The zero-order valence-electron chi connectivity index (χ0n) is 15.1. The number of hydrogen-bond donors (Lipinski definition) is 1. The number of H-pyrrole nitrogens is 1. The van der Waals surface area contributed by atoms with Crippen LogP contribution in [-0.2, 0) is 20.7 Å². The van der Waals surface area contributed by atoms with Crippen LogP contribution >= 0.6 is 0 Å². The number of carbonyl (C=O) groups excluding carboxylic acids is 2. The molecule has 1 aromatic heterocycles. The van der Waals surface area contributed by atoms with E-state index in [1.165, 1.54) is 12.1 Å². The Labute approximate surface area is 156 Å². The predicted octanol–water partition coefficient (Wildman–Crippen LogP) is 1.48. The molecule has 2 amide bonds. The van der Waals surface area contributed by atoms with E-state index in [4.69, 9.17) is 4.74 Å². The maximum Gasteiger partial charge on any atom is 0.245 e. The Kier molecular flexibility index (Phi) is 5.07. The zero-order valence-corrected chi connectivity index (χ0v) is 15.1. The lowest BCUT2D eigenvalue weighted by Crippen LogP contribution is -2.51. The van der Waals surface area contributed by atoms with Crippen molar-refractivity contribution in [3.63, 3.8) is 0 Å². The van der Waals surface area contributed by atoms with Gasteiger partial charge in [0.1, 0.15) is 17.7 Å². The normalized spacial score (nSPS) is 20.4. The van der Waals surface area contributed by atoms with E-state index >= 15 is 0 Å². The van der Waals surface area contributed by atoms with Crippen LogP contribution in [0.1, 0.15) is 25.1 Å². The third-order valence-corrected chi connectivity index (χ3v) is 5.25. The lowest BCUT2D eigenvalue weighted by molar-refractivity contribution is -0.146. The van der Waals surface area contributed by atoms with Crippen LogP contribution in [0.5, 0.6) is 0 Å². The summed E-state index contributed by atoms with van der Waals surface area (Å²) in [6.45, 7) is 2.91. The van der Waals surface area contributed by atoms with Crippen molar-refractivity contribution < 1.29 is 18.7 Å². The van der Waals surface area contributed by atoms with E-state index < -0.39 is 0 Å². The topological polar surface area (TPSA) is 78.5 Å². The summed E-state index contributed by atoms with van der Waals surface area (Å²) in [7, 11) is 0. The van der Waals surface area contributed by atoms with Crippen LogP contribution in [0.3, 0.4) is 0 Å². The van der Waals surface area contributed by atoms with Gasteiger partial charge in [-0.3, -0.25) is 9.59 Å². The summed E-state index contributed by atoms with van der Waals surface area (Å²) in [6.07, 6.45) is 2.27. The monoisotopic (exact) mass is 374 g/mol. The molecule has 144 valence electrons. The molecule has 7 nitrogen and oxygen atoms in total. The summed E-state index contributed by atoms with van der Waals surface area (Å²) in [5.41, 5.74) is 1.30. The number of aromatic amines is 1. The molecule has 3 heterocycles. The average molecular weight is 374 g/mol. The number of hydrogen-bond acceptors (Lipinski definition) is 4. The molecule has 1 atom stereocenters. The lowest BCUT2D eigenvalue weighted by Gasteiger charge is -2.32. The number of imidazole rings is 1. The van der Waals surface area contributed by atoms with E-state index in [1.54, 1.807) is 15.9 Å². The number of likely N-dealkylation sites (tertiary alicyclic amines) is 1. The summed E-state index contributed by atoms with van der Waals surface area (Å²) in [4.78, 5) is 36.4. The molecule has 0 saturated carbocycles. The van der Waals surface area contributed by atoms with E-state index in [-0.39, 0.29) is 30.1 Å². The van der Waals surface area contributed by atoms with Gasteiger partial charge in [0.05, 0.1) is 24.2 Å². The van der Waals surface area contributed by atoms with Crippen molar-refractivity contribution >= 4 is 22.8 Å². The molecule has 0 aliphatic carbocycles. The van der Waals surface area contributed by atoms with Gasteiger partial charge in [0.2, 0.25) is 11.8 Å². The predicted molar refractivity (Wildman–Crippen MR) is 96.5 cm³/mol. The molecule has 2 fully saturated rings. The van der Waals surface area contributed by atoms with Gasteiger partial charge < -0.3 is 19.5 Å². The number of carbonyl (C=O) groups is 2. The van der Waals surface area contributed by atoms with E-state index in [0.717, 1.165) is 6.42 Å². The Balaban J connectivity index is 1.38. The molecule has 2 saturated heterocycles. The first kappa shape index (κ1) is 17.9. The lowest BCUT2D eigenvalue weighted by atomic mass is 10.1. The number of nitrogens with one attached hydrogen (secondary N) is 1. The number of fused-ring (bicyclic) bond motifs is 1. The number of halogens is 1. The molecule has 2 aliphatic heterocycles. The van der Waals surface area contributed by atoms with Gasteiger partial charge in [-0.05, 0) is 31.0 Å². The maximum atomic E-state index is 13.3. The highest BCUT2D eigenvalue weighted by atomic mass is 19.1. The van der Waals surface area contributed by atoms with Gasteiger partial charge in [0, 0.05) is 32.5 Å². The fourth-order valence-corrected chi connectivity index (χ4v) is 3.84. The van der Waals surface area contributed by atoms with Crippen LogP contribution < -0.4 is 0 Å². The molecule has 0 radical (unpaired) electrons. The van der Waals surface area contributed by atoms with Crippen LogP contribution in [-0.4, -0.2) is 70.5 Å². The highest BCUT2D eigenvalue weighted by Gasteiger charge is 2.36. The second kappa shape index (κ2) is 7.64. The van der Waals surface area contributed by atoms with E-state index in [9.17, 15) is 14.0 Å². The maximum absolute atomic E-state index is 13.3. The van der Waals surface area contributed by atoms with E-state index in [2.05, 4.69) is 9.97 Å². The number of nitrogens with zero attached hydrogens (tertiary/aromatic N) is 3. The number of rotatable bonds is 4. The van der Waals surface area contributed by atoms with Gasteiger partial charge in [-0.25, -0.2) is 9.37 Å². The van der Waals surface area contributed by atoms with Crippen molar-refractivity contribution in [1.29, 1.82) is 0 Å². The van der Waals surface area contributed by atoms with Crippen molar-refractivity contribution in [2.24, 2.45) is 0 Å². The minimum absolute atomic E-state index is 0.0309. The van der Waals surface area contributed by atoms with Crippen LogP contribution in [0.2, 0.25) is 0 Å². The Morgan fingerprint density at radius 2 is 2.07 bits per heavy atom. The molecule has 0 bridgehead atoms. The van der Waals surface area contributed by atoms with Crippen LogP contribution in [0, 0.1) is 5.82 Å². The Morgan fingerprint density at radius 3 is 2.89 bits per heavy atom. The molecule has 2 aliphatic rings. The third kappa shape index (κ3) is 3.80. The van der Waals surface area contributed by atoms with Crippen LogP contribution in [0.15, 0.2) is 18.2 Å². The quantitative estimate of drug-likeness (QED) is 0.879. The minimum atomic E-state index is -0.361. The first-order valence-electron chi connectivity index (χ1n) is 9.42. The second-order valence-electron chi connectivity index (χ2n) is 7.03. The van der Waals surface area contributed by atoms with Gasteiger partial charge in [0.25, 0.3) is 0 Å². The highest BCUT2D eigenvalue weighted by molar-refractivity contribution is 5.88. The molecule has 1 N–H and O–H groups in total. The highest BCUT2D eigenvalue weighted by Crippen LogP contribution is 2.22. The summed E-state index contributed by atoms with van der Waals surface area (Å²) in [5, 5.41) is 0. The summed E-state index contributed by atoms with van der Waals surface area (Å²) in [6, 6.07) is 4.01. The largest absolute Gasteiger partial charge is 0.378 e. The molecule has 0 unspecified atom stereocenters. The molecule has 8 heteroatoms. The molecular formula is C19H23FN4O3. The standard InChI is InChI=1S/C19H23FN4O3/c20-13-3-4-14-15(12-13)22-17(21-14)5-6-18(25)24-7-1-2-16(24)19(26)23-8-10-27-11-9-23/h3-4,12,16H,1-2,5-11H2,(H,21,22)/t16-/m0/s1. The molecule has 27 heavy (non-hydrogen) atoms. The molecule has 1 aromatic carbocycles. The first-order valence-corrected chi connectivity index (χ1v) is 9.42. The number of aryl methyl sites for hydroxylation is 1. The summed E-state index contributed by atoms with van der Waals surface area (Å²) in [5.74, 6) is 0.323. The van der Waals surface area contributed by atoms with Crippen LogP contribution in [0.4, 0.5) is 4.39 Å². The molecule has 4 rings (SSSR count). The second-order valence-corrected chi connectivity index (χ2v) is 7.03. The van der Waals surface area contributed by atoms with E-state index in [1.807, 2.05) is 0 Å². The summed E-state index contributed by atoms with van der Waals surface area (Å²) < 4.78 is 18.6.